The van der Waals surface area contributed by atoms with Crippen molar-refractivity contribution in [3.05, 3.63) is 24.4 Å². The van der Waals surface area contributed by atoms with E-state index < -0.39 is 5.91 Å². The summed E-state index contributed by atoms with van der Waals surface area (Å²) >= 11 is 0. The van der Waals surface area contributed by atoms with Gasteiger partial charge in [0, 0.05) is 13.1 Å². The van der Waals surface area contributed by atoms with Crippen LogP contribution in [0.2, 0.25) is 0 Å². The van der Waals surface area contributed by atoms with Gasteiger partial charge < -0.3 is 16.4 Å². The fraction of sp³-hybridized carbons (Fsp3) is 0.417. The van der Waals surface area contributed by atoms with Crippen LogP contribution in [0.15, 0.2) is 18.9 Å². The number of hydrogen-bond donors (Lipinski definition) is 2. The zero-order valence-corrected chi connectivity index (χ0v) is 10.6. The smallest absolute Gasteiger partial charge is 0.254 e. The maximum absolute atomic E-state index is 11.6. The van der Waals surface area contributed by atoms with E-state index in [1.165, 1.54) is 12.3 Å². The summed E-state index contributed by atoms with van der Waals surface area (Å²) in [5.74, 6) is -0.450. The predicted molar refractivity (Wildman–Crippen MR) is 70.2 cm³/mol. The third kappa shape index (κ3) is 2.44. The molecule has 0 spiro atoms. The van der Waals surface area contributed by atoms with Gasteiger partial charge in [0.05, 0.1) is 12.2 Å². The number of nitrogens with two attached hydrogens (primary N) is 2. The molecule has 0 radical (unpaired) electrons. The van der Waals surface area contributed by atoms with Gasteiger partial charge in [-0.15, -0.1) is 0 Å². The monoisotopic (exact) mass is 263 g/mol. The molecule has 102 valence electrons. The average Bonchev–Trinajstić information content (AvgIpc) is 2.80. The van der Waals surface area contributed by atoms with Crippen LogP contribution in [-0.2, 0) is 4.79 Å². The van der Waals surface area contributed by atoms with Gasteiger partial charge in [-0.25, -0.2) is 4.68 Å². The van der Waals surface area contributed by atoms with E-state index in [4.69, 9.17) is 11.5 Å². The van der Waals surface area contributed by atoms with Crippen molar-refractivity contribution in [2.45, 2.75) is 18.9 Å². The molecule has 0 bridgehead atoms. The van der Waals surface area contributed by atoms with E-state index in [2.05, 4.69) is 11.7 Å². The van der Waals surface area contributed by atoms with Crippen LogP contribution in [0.25, 0.3) is 0 Å². The molecule has 4 N–H and O–H groups in total. The van der Waals surface area contributed by atoms with E-state index in [9.17, 15) is 9.59 Å². The number of nitrogens with zero attached hydrogens (tertiary/aromatic N) is 3. The number of likely N-dealkylation sites (tertiary alicyclic amines) is 1. The van der Waals surface area contributed by atoms with Crippen LogP contribution in [0.3, 0.4) is 0 Å². The third-order valence-corrected chi connectivity index (χ3v) is 3.33. The van der Waals surface area contributed by atoms with E-state index in [-0.39, 0.29) is 23.3 Å². The fourth-order valence-electron chi connectivity index (χ4n) is 2.34. The molecule has 2 amide bonds. The second-order valence-corrected chi connectivity index (χ2v) is 4.54. The zero-order valence-electron chi connectivity index (χ0n) is 10.6. The minimum absolute atomic E-state index is 0.0363. The Kier molecular flexibility index (Phi) is 3.55. The van der Waals surface area contributed by atoms with Crippen LogP contribution in [-0.4, -0.2) is 39.6 Å². The van der Waals surface area contributed by atoms with Gasteiger partial charge >= 0.3 is 0 Å². The molecule has 19 heavy (non-hydrogen) atoms. The van der Waals surface area contributed by atoms with Gasteiger partial charge in [-0.3, -0.25) is 9.59 Å². The van der Waals surface area contributed by atoms with Crippen LogP contribution < -0.4 is 11.5 Å². The molecule has 0 saturated carbocycles. The lowest BCUT2D eigenvalue weighted by molar-refractivity contribution is -0.127. The number of anilines is 1. The Labute approximate surface area is 110 Å². The molecule has 7 nitrogen and oxygen atoms in total. The molecule has 1 fully saturated rings. The molecule has 7 heteroatoms. The number of carbonyl (C=O) groups is 2. The quantitative estimate of drug-likeness (QED) is 0.743. The van der Waals surface area contributed by atoms with Gasteiger partial charge in [0.2, 0.25) is 5.91 Å². The van der Waals surface area contributed by atoms with Crippen molar-refractivity contribution in [1.82, 2.24) is 14.7 Å². The number of rotatable bonds is 3. The lowest BCUT2D eigenvalue weighted by Crippen LogP contribution is -2.40. The Bertz CT molecular complexity index is 522. The minimum Gasteiger partial charge on any atom is -0.383 e. The number of aromatic nitrogens is 2. The summed E-state index contributed by atoms with van der Waals surface area (Å²) in [7, 11) is 0. The molecule has 1 saturated heterocycles. The van der Waals surface area contributed by atoms with Crippen molar-refractivity contribution in [3.8, 4) is 0 Å². The minimum atomic E-state index is -0.599. The Morgan fingerprint density at radius 3 is 2.84 bits per heavy atom. The normalized spacial score (nSPS) is 19.2. The molecule has 2 rings (SSSR count). The first-order valence-electron chi connectivity index (χ1n) is 6.08. The molecule has 0 aliphatic carbocycles. The maximum Gasteiger partial charge on any atom is 0.254 e. The van der Waals surface area contributed by atoms with E-state index in [0.29, 0.717) is 13.1 Å². The van der Waals surface area contributed by atoms with Crippen molar-refractivity contribution in [1.29, 1.82) is 0 Å². The largest absolute Gasteiger partial charge is 0.383 e. The number of piperidine rings is 1. The summed E-state index contributed by atoms with van der Waals surface area (Å²) in [5, 5.41) is 4.11. The Morgan fingerprint density at radius 1 is 1.53 bits per heavy atom. The summed E-state index contributed by atoms with van der Waals surface area (Å²) < 4.78 is 1.57. The summed E-state index contributed by atoms with van der Waals surface area (Å²) in [4.78, 5) is 24.5. The lowest BCUT2D eigenvalue weighted by Gasteiger charge is -2.32. The molecule has 1 aromatic rings. The molecule has 0 aromatic carbocycles. The van der Waals surface area contributed by atoms with Gasteiger partial charge in [-0.1, -0.05) is 6.58 Å². The number of primary amides is 1. The Balaban J connectivity index is 2.20. The highest BCUT2D eigenvalue weighted by Crippen LogP contribution is 2.25. The first-order valence-corrected chi connectivity index (χ1v) is 6.08. The number of carbonyl (C=O) groups excluding carboxylic acids is 2. The van der Waals surface area contributed by atoms with Gasteiger partial charge in [-0.2, -0.15) is 5.10 Å². The van der Waals surface area contributed by atoms with Crippen molar-refractivity contribution in [3.63, 3.8) is 0 Å². The van der Waals surface area contributed by atoms with Crippen LogP contribution in [0.5, 0.6) is 0 Å². The molecule has 1 unspecified atom stereocenters. The summed E-state index contributed by atoms with van der Waals surface area (Å²) in [5.41, 5.74) is 11.3. The third-order valence-electron chi connectivity index (χ3n) is 3.33. The van der Waals surface area contributed by atoms with Gasteiger partial charge in [0.25, 0.3) is 5.91 Å². The van der Waals surface area contributed by atoms with E-state index >= 15 is 0 Å². The second kappa shape index (κ2) is 5.13. The van der Waals surface area contributed by atoms with Crippen LogP contribution in [0, 0.1) is 0 Å². The molecule has 1 aromatic heterocycles. The molecular weight excluding hydrogens is 246 g/mol. The standard InChI is InChI=1S/C12H17N5O2/c1-2-10(18)16-5-3-4-8(7-16)17-11(13)9(6-15-17)12(14)19/h2,6,8H,1,3-5,7,13H2,(H2,14,19). The molecule has 2 heterocycles. The fourth-order valence-corrected chi connectivity index (χ4v) is 2.34. The van der Waals surface area contributed by atoms with Crippen LogP contribution in [0.4, 0.5) is 5.82 Å². The summed E-state index contributed by atoms with van der Waals surface area (Å²) in [6.45, 7) is 4.69. The van der Waals surface area contributed by atoms with Crippen LogP contribution in [0.1, 0.15) is 29.2 Å². The summed E-state index contributed by atoms with van der Waals surface area (Å²) in [6, 6.07) is -0.0363. The topological polar surface area (TPSA) is 107 Å². The second-order valence-electron chi connectivity index (χ2n) is 4.54. The molecule has 1 atom stereocenters. The number of nitrogen functional groups attached to an aromatic ring is 1. The highest BCUT2D eigenvalue weighted by atomic mass is 16.2. The van der Waals surface area contributed by atoms with Gasteiger partial charge in [0.1, 0.15) is 11.4 Å². The van der Waals surface area contributed by atoms with Crippen molar-refractivity contribution >= 4 is 17.6 Å². The van der Waals surface area contributed by atoms with E-state index in [1.807, 2.05) is 0 Å². The molecule has 1 aliphatic rings. The SMILES string of the molecule is C=CC(=O)N1CCCC(n2ncc(C(N)=O)c2N)C1. The number of amides is 2. The highest BCUT2D eigenvalue weighted by Gasteiger charge is 2.26. The first-order chi connectivity index (χ1) is 9.04. The summed E-state index contributed by atoms with van der Waals surface area (Å²) in [6.07, 6.45) is 4.37. The van der Waals surface area contributed by atoms with Crippen molar-refractivity contribution in [2.75, 3.05) is 18.8 Å². The van der Waals surface area contributed by atoms with Gasteiger partial charge in [-0.05, 0) is 18.9 Å². The average molecular weight is 263 g/mol. The molecular formula is C12H17N5O2. The van der Waals surface area contributed by atoms with E-state index in [1.54, 1.807) is 9.58 Å². The molecule has 1 aliphatic heterocycles. The zero-order chi connectivity index (χ0) is 14.0. The van der Waals surface area contributed by atoms with Crippen molar-refractivity contribution in [2.24, 2.45) is 5.73 Å². The maximum atomic E-state index is 11.6. The number of hydrogen-bond acceptors (Lipinski definition) is 4. The lowest BCUT2D eigenvalue weighted by atomic mass is 10.1. The van der Waals surface area contributed by atoms with Gasteiger partial charge in [0.15, 0.2) is 0 Å². The Hall–Kier alpha value is -2.31. The van der Waals surface area contributed by atoms with Crippen LogP contribution >= 0.6 is 0 Å². The van der Waals surface area contributed by atoms with E-state index in [0.717, 1.165) is 12.8 Å². The Morgan fingerprint density at radius 2 is 2.26 bits per heavy atom. The predicted octanol–water partition coefficient (Wildman–Crippen LogP) is -0.0863. The van der Waals surface area contributed by atoms with Crippen molar-refractivity contribution < 1.29 is 9.59 Å². The highest BCUT2D eigenvalue weighted by molar-refractivity contribution is 5.97. The first kappa shape index (κ1) is 13.1.